The van der Waals surface area contributed by atoms with Crippen molar-refractivity contribution in [3.63, 3.8) is 0 Å². The molecule has 3 heterocycles. The maximum atomic E-state index is 12.8. The maximum absolute atomic E-state index is 12.8. The average Bonchev–Trinajstić information content (AvgIpc) is 3.16. The number of carbonyl (C=O) groups excluding carboxylic acids is 1. The lowest BCUT2D eigenvalue weighted by Gasteiger charge is -2.48. The quantitative estimate of drug-likeness (QED) is 0.0450. The molecule has 54 heavy (non-hydrogen) atoms. The summed E-state index contributed by atoms with van der Waals surface area (Å²) in [5.41, 5.74) is 0. The molecule has 3 rings (SSSR count). The highest BCUT2D eigenvalue weighted by Gasteiger charge is 2.53. The Hall–Kier alpha value is -1.21. The summed E-state index contributed by atoms with van der Waals surface area (Å²) in [4.78, 5) is 12.8. The Morgan fingerprint density at radius 2 is 1.06 bits per heavy atom. The lowest BCUT2D eigenvalue weighted by Crippen LogP contribution is -2.66. The van der Waals surface area contributed by atoms with Crippen LogP contribution in [0.5, 0.6) is 0 Å². The molecule has 0 spiro atoms. The van der Waals surface area contributed by atoms with E-state index in [0.717, 1.165) is 44.9 Å². The summed E-state index contributed by atoms with van der Waals surface area (Å²) < 4.78 is 33.7. The van der Waals surface area contributed by atoms with Gasteiger partial charge in [0.25, 0.3) is 0 Å². The highest BCUT2D eigenvalue weighted by molar-refractivity contribution is 5.76. The number of hydrogen-bond acceptors (Lipinski definition) is 18. The third kappa shape index (κ3) is 12.9. The molecule has 17 atom stereocenters. The highest BCUT2D eigenvalue weighted by Crippen LogP contribution is 2.32. The molecule has 17 unspecified atom stereocenters. The van der Waals surface area contributed by atoms with Crippen LogP contribution >= 0.6 is 0 Å². The molecule has 0 bridgehead atoms. The molecule has 19 heteroatoms. The first-order chi connectivity index (χ1) is 25.8. The molecule has 0 aromatic heterocycles. The second kappa shape index (κ2) is 23.9. The summed E-state index contributed by atoms with van der Waals surface area (Å²) in [7, 11) is 0. The van der Waals surface area contributed by atoms with E-state index in [-0.39, 0.29) is 18.9 Å². The van der Waals surface area contributed by atoms with Crippen LogP contribution in [0.3, 0.4) is 0 Å². The summed E-state index contributed by atoms with van der Waals surface area (Å²) in [5, 5.41) is 118. The zero-order valence-corrected chi connectivity index (χ0v) is 31.2. The molecular formula is C35H65NO18. The number of ether oxygens (including phenoxy) is 6. The second-order valence-corrected chi connectivity index (χ2v) is 14.4. The molecule has 3 aliphatic heterocycles. The third-order valence-corrected chi connectivity index (χ3v) is 10.2. The topological polar surface area (TPSA) is 307 Å². The number of carbonyl (C=O) groups is 1. The zero-order chi connectivity index (χ0) is 39.9. The van der Waals surface area contributed by atoms with Crippen molar-refractivity contribution in [1.82, 2.24) is 5.32 Å². The Bertz CT molecular complexity index is 1040. The van der Waals surface area contributed by atoms with Gasteiger partial charge in [0.15, 0.2) is 18.9 Å². The second-order valence-electron chi connectivity index (χ2n) is 14.4. The van der Waals surface area contributed by atoms with Gasteiger partial charge in [-0.3, -0.25) is 4.79 Å². The molecule has 0 aromatic rings. The monoisotopic (exact) mass is 787 g/mol. The van der Waals surface area contributed by atoms with E-state index in [9.17, 15) is 61.0 Å². The van der Waals surface area contributed by atoms with Crippen molar-refractivity contribution in [1.29, 1.82) is 0 Å². The van der Waals surface area contributed by atoms with Gasteiger partial charge in [-0.25, -0.2) is 0 Å². The van der Waals surface area contributed by atoms with Crippen molar-refractivity contribution < 1.29 is 89.4 Å². The number of unbranched alkanes of at least 4 members (excludes halogenated alkanes) is 7. The van der Waals surface area contributed by atoms with Crippen molar-refractivity contribution in [2.45, 2.75) is 189 Å². The van der Waals surface area contributed by atoms with Gasteiger partial charge < -0.3 is 89.9 Å². The van der Waals surface area contributed by atoms with Crippen molar-refractivity contribution in [2.75, 3.05) is 26.4 Å². The van der Waals surface area contributed by atoms with Gasteiger partial charge in [-0.1, -0.05) is 65.2 Å². The molecule has 3 saturated heterocycles. The standard InChI is InChI=1S/C35H65NO18/c1-3-5-7-8-9-11-13-23(41)36-18(19(40)12-10-6-4-2)17-49-33-29(47)26(44)31(21(15-38)51-33)54-35-30(48)27(45)32(22(16-39)52-35)53-34-28(46)25(43)24(42)20(14-37)50-34/h18-22,24-35,37-40,42-48H,3-17H2,1-2H3,(H,36,41). The normalized spacial score (nSPS) is 38.6. The predicted octanol–water partition coefficient (Wildman–Crippen LogP) is -3.37. The fraction of sp³-hybridized carbons (Fsp3) is 0.971. The Kier molecular flexibility index (Phi) is 20.9. The predicted molar refractivity (Wildman–Crippen MR) is 185 cm³/mol. The van der Waals surface area contributed by atoms with Gasteiger partial charge >= 0.3 is 0 Å². The van der Waals surface area contributed by atoms with Gasteiger partial charge in [-0.2, -0.15) is 0 Å². The van der Waals surface area contributed by atoms with Crippen LogP contribution in [0, 0.1) is 0 Å². The lowest BCUT2D eigenvalue weighted by atomic mass is 9.96. The number of nitrogens with one attached hydrogen (secondary N) is 1. The fourth-order valence-corrected chi connectivity index (χ4v) is 6.78. The van der Waals surface area contributed by atoms with Crippen LogP contribution in [0.2, 0.25) is 0 Å². The molecule has 318 valence electrons. The zero-order valence-electron chi connectivity index (χ0n) is 31.2. The summed E-state index contributed by atoms with van der Waals surface area (Å²) in [6.07, 6.45) is -17.3. The summed E-state index contributed by atoms with van der Waals surface area (Å²) in [6.45, 7) is 1.44. The number of aliphatic hydroxyl groups excluding tert-OH is 11. The van der Waals surface area contributed by atoms with Crippen molar-refractivity contribution >= 4 is 5.91 Å². The van der Waals surface area contributed by atoms with Crippen molar-refractivity contribution in [2.24, 2.45) is 0 Å². The first kappa shape index (κ1) is 47.2. The molecule has 19 nitrogen and oxygen atoms in total. The minimum atomic E-state index is -1.96. The van der Waals surface area contributed by atoms with E-state index < -0.39 is 124 Å². The van der Waals surface area contributed by atoms with E-state index in [2.05, 4.69) is 12.2 Å². The molecule has 1 amide bonds. The minimum Gasteiger partial charge on any atom is -0.394 e. The summed E-state index contributed by atoms with van der Waals surface area (Å²) in [6, 6.07) is -0.871. The van der Waals surface area contributed by atoms with Crippen molar-refractivity contribution in [3.8, 4) is 0 Å². The molecule has 12 N–H and O–H groups in total. The number of hydrogen-bond donors (Lipinski definition) is 12. The average molecular weight is 788 g/mol. The van der Waals surface area contributed by atoms with Crippen LogP contribution in [-0.2, 0) is 33.2 Å². The smallest absolute Gasteiger partial charge is 0.220 e. The van der Waals surface area contributed by atoms with Gasteiger partial charge in [0.2, 0.25) is 5.91 Å². The molecule has 0 aromatic carbocycles. The molecule has 3 aliphatic rings. The van der Waals surface area contributed by atoms with E-state index in [1.54, 1.807) is 0 Å². The summed E-state index contributed by atoms with van der Waals surface area (Å²) in [5.74, 6) is -0.268. The Labute approximate surface area is 315 Å². The third-order valence-electron chi connectivity index (χ3n) is 10.2. The molecule has 3 fully saturated rings. The van der Waals surface area contributed by atoms with Gasteiger partial charge in [0, 0.05) is 6.42 Å². The Morgan fingerprint density at radius 3 is 1.61 bits per heavy atom. The maximum Gasteiger partial charge on any atom is 0.220 e. The molecule has 0 radical (unpaired) electrons. The first-order valence-corrected chi connectivity index (χ1v) is 19.3. The van der Waals surface area contributed by atoms with Gasteiger partial charge in [-0.05, 0) is 12.8 Å². The minimum absolute atomic E-state index is 0.263. The number of amides is 1. The Morgan fingerprint density at radius 1 is 0.593 bits per heavy atom. The highest BCUT2D eigenvalue weighted by atomic mass is 16.8. The van der Waals surface area contributed by atoms with Gasteiger partial charge in [0.1, 0.15) is 73.2 Å². The fourth-order valence-electron chi connectivity index (χ4n) is 6.78. The van der Waals surface area contributed by atoms with E-state index in [1.165, 1.54) is 0 Å². The largest absolute Gasteiger partial charge is 0.394 e. The SMILES string of the molecule is CCCCCCCCC(=O)NC(COC1OC(CO)C(OC2OC(CO)C(OC3OC(CO)C(O)C(O)C3O)C(O)C2O)C(O)C1O)C(O)CCCCC. The first-order valence-electron chi connectivity index (χ1n) is 19.3. The van der Waals surface area contributed by atoms with Crippen LogP contribution in [0.15, 0.2) is 0 Å². The molecular weight excluding hydrogens is 722 g/mol. The summed E-state index contributed by atoms with van der Waals surface area (Å²) >= 11 is 0. The molecule has 0 aliphatic carbocycles. The lowest BCUT2D eigenvalue weighted by molar-refractivity contribution is -0.379. The van der Waals surface area contributed by atoms with Crippen LogP contribution in [0.4, 0.5) is 0 Å². The van der Waals surface area contributed by atoms with E-state index in [0.29, 0.717) is 19.3 Å². The van der Waals surface area contributed by atoms with Crippen LogP contribution in [-0.4, -0.2) is 193 Å². The number of rotatable bonds is 23. The molecule has 0 saturated carbocycles. The van der Waals surface area contributed by atoms with Crippen molar-refractivity contribution in [3.05, 3.63) is 0 Å². The van der Waals surface area contributed by atoms with E-state index in [4.69, 9.17) is 28.4 Å². The van der Waals surface area contributed by atoms with Gasteiger partial charge in [-0.15, -0.1) is 0 Å². The van der Waals surface area contributed by atoms with Crippen LogP contribution in [0.25, 0.3) is 0 Å². The Balaban J connectivity index is 1.62. The van der Waals surface area contributed by atoms with Gasteiger partial charge in [0.05, 0.1) is 38.6 Å². The van der Waals surface area contributed by atoms with E-state index in [1.807, 2.05) is 6.92 Å². The van der Waals surface area contributed by atoms with E-state index >= 15 is 0 Å². The van der Waals surface area contributed by atoms with Crippen LogP contribution in [0.1, 0.15) is 84.5 Å². The van der Waals surface area contributed by atoms with Crippen LogP contribution < -0.4 is 5.32 Å². The number of aliphatic hydroxyl groups is 11.